The normalized spacial score (nSPS) is 11.6. The Kier molecular flexibility index (Phi) is 8.60. The Balaban J connectivity index is 1.42. The number of ether oxygens (including phenoxy) is 1. The van der Waals surface area contributed by atoms with Crippen molar-refractivity contribution in [3.05, 3.63) is 121 Å². The van der Waals surface area contributed by atoms with Gasteiger partial charge in [-0.05, 0) is 0 Å². The number of benzene rings is 3. The molecule has 4 aromatic rings. The maximum atomic E-state index is 12.1. The monoisotopic (exact) mass is 469 g/mol. The molecule has 0 fully saturated rings. The van der Waals surface area contributed by atoms with Gasteiger partial charge in [0.25, 0.3) is 0 Å². The van der Waals surface area contributed by atoms with Gasteiger partial charge in [0.1, 0.15) is 0 Å². The van der Waals surface area contributed by atoms with Crippen LogP contribution in [0.2, 0.25) is 0 Å². The molecule has 0 aliphatic carbocycles. The van der Waals surface area contributed by atoms with E-state index in [1.54, 1.807) is 24.5 Å². The van der Waals surface area contributed by atoms with Crippen LogP contribution in [0.5, 0.6) is 0 Å². The molecule has 0 atom stereocenters. The number of rotatable bonds is 11. The molecule has 34 heavy (non-hydrogen) atoms. The third-order valence-electron chi connectivity index (χ3n) is 6.38. The predicted molar refractivity (Wildman–Crippen MR) is 144 cm³/mol. The molecule has 4 heteroatoms. The molecule has 3 nitrogen and oxygen atoms in total. The Morgan fingerprint density at radius 1 is 0.647 bits per heavy atom. The first-order valence-electron chi connectivity index (χ1n) is 12.0. The molecule has 3 aromatic carbocycles. The molecule has 4 rings (SSSR count). The molecule has 1 aromatic heterocycles. The number of hydrogen-bond acceptors (Lipinski definition) is 3. The number of unbranched alkanes of at least 4 members (excludes halogenated alkanes) is 3. The molecule has 1 heterocycles. The summed E-state index contributed by atoms with van der Waals surface area (Å²) in [6.07, 6.45) is 8.53. The zero-order valence-corrected chi connectivity index (χ0v) is 20.5. The van der Waals surface area contributed by atoms with Crippen LogP contribution >= 0.6 is 7.26 Å². The molecule has 0 unspecified atom stereocenters. The molecule has 0 saturated heterocycles. The molecule has 0 amide bonds. The van der Waals surface area contributed by atoms with Crippen LogP contribution in [0.3, 0.4) is 0 Å². The van der Waals surface area contributed by atoms with Crippen molar-refractivity contribution in [2.24, 2.45) is 0 Å². The number of carbonyl (C=O) groups excluding carboxylic acids is 1. The molecule has 0 radical (unpaired) electrons. The Labute approximate surface area is 203 Å². The zero-order chi connectivity index (χ0) is 23.5. The first-order valence-corrected chi connectivity index (χ1v) is 14.3. The molecule has 0 N–H and O–H groups in total. The number of nitrogens with zero attached hydrogens (tertiary/aromatic N) is 1. The summed E-state index contributed by atoms with van der Waals surface area (Å²) in [7, 11) is -2.15. The molecule has 0 aliphatic rings. The summed E-state index contributed by atoms with van der Waals surface area (Å²) in [4.78, 5) is 16.1. The molecular formula is C30H32NO2P. The summed E-state index contributed by atoms with van der Waals surface area (Å²) in [5.41, 5.74) is 0.506. The fraction of sp³-hybridized carbons (Fsp3) is 0.200. The van der Waals surface area contributed by atoms with Gasteiger partial charge in [-0.3, -0.25) is 0 Å². The third-order valence-corrected chi connectivity index (χ3v) is 11.4. The zero-order valence-electron chi connectivity index (χ0n) is 19.5. The van der Waals surface area contributed by atoms with Crippen LogP contribution in [0.15, 0.2) is 116 Å². The van der Waals surface area contributed by atoms with Gasteiger partial charge >= 0.3 is 203 Å². The first-order chi connectivity index (χ1) is 16.8. The van der Waals surface area contributed by atoms with Gasteiger partial charge in [-0.15, -0.1) is 0 Å². The van der Waals surface area contributed by atoms with Gasteiger partial charge in [-0.25, -0.2) is 0 Å². The summed E-state index contributed by atoms with van der Waals surface area (Å²) < 4.78 is 5.41. The third kappa shape index (κ3) is 5.79. The van der Waals surface area contributed by atoms with Gasteiger partial charge in [0.05, 0.1) is 0 Å². The molecule has 0 aliphatic heterocycles. The second-order valence-electron chi connectivity index (χ2n) is 8.55. The Morgan fingerprint density at radius 2 is 1.18 bits per heavy atom. The van der Waals surface area contributed by atoms with E-state index in [9.17, 15) is 4.79 Å². The van der Waals surface area contributed by atoms with E-state index in [0.717, 1.165) is 31.8 Å². The first kappa shape index (κ1) is 23.9. The topological polar surface area (TPSA) is 39.2 Å². The van der Waals surface area contributed by atoms with Crippen LogP contribution in [-0.4, -0.2) is 23.7 Å². The van der Waals surface area contributed by atoms with E-state index in [0.29, 0.717) is 12.2 Å². The van der Waals surface area contributed by atoms with E-state index < -0.39 is 7.26 Å². The Morgan fingerprint density at radius 3 is 1.68 bits per heavy atom. The van der Waals surface area contributed by atoms with Gasteiger partial charge < -0.3 is 0 Å². The summed E-state index contributed by atoms with van der Waals surface area (Å²) in [5, 5.41) is 4.37. The molecule has 0 spiro atoms. The van der Waals surface area contributed by atoms with E-state index in [2.05, 4.69) is 96.0 Å². The standard InChI is InChI=1S/C30H32NO2P/c32-30(26-15-14-22-31-25-26)33-23-12-1-2-13-24-34(27-16-6-3-7-17-27,28-18-8-4-9-19-28)29-20-10-5-11-21-29/h3-11,14-22,25,34H,1-2,12-13,23-24H2. The summed E-state index contributed by atoms with van der Waals surface area (Å²) in [6, 6.07) is 36.6. The van der Waals surface area contributed by atoms with E-state index in [-0.39, 0.29) is 5.97 Å². The van der Waals surface area contributed by atoms with Gasteiger partial charge in [-0.2, -0.15) is 0 Å². The van der Waals surface area contributed by atoms with Crippen molar-refractivity contribution in [2.45, 2.75) is 25.7 Å². The van der Waals surface area contributed by atoms with E-state index in [4.69, 9.17) is 4.74 Å². The predicted octanol–water partition coefficient (Wildman–Crippen LogP) is 5.53. The van der Waals surface area contributed by atoms with Crippen LogP contribution in [-0.2, 0) is 4.74 Å². The van der Waals surface area contributed by atoms with E-state index in [1.165, 1.54) is 15.9 Å². The van der Waals surface area contributed by atoms with Crippen LogP contribution < -0.4 is 15.9 Å². The average molecular weight is 470 g/mol. The van der Waals surface area contributed by atoms with Crippen molar-refractivity contribution in [1.29, 1.82) is 0 Å². The van der Waals surface area contributed by atoms with Crippen LogP contribution in [0, 0.1) is 0 Å². The molecule has 0 saturated carbocycles. The molecule has 174 valence electrons. The summed E-state index contributed by atoms with van der Waals surface area (Å²) in [6.45, 7) is 0.451. The minimum atomic E-state index is -2.15. The minimum absolute atomic E-state index is 0.295. The van der Waals surface area contributed by atoms with Gasteiger partial charge in [0.2, 0.25) is 0 Å². The van der Waals surface area contributed by atoms with Gasteiger partial charge in [0, 0.05) is 0 Å². The SMILES string of the molecule is O=C(OCCCCCC[PH](c1ccccc1)(c1ccccc1)c1ccccc1)c1cccnc1. The van der Waals surface area contributed by atoms with Crippen molar-refractivity contribution in [3.8, 4) is 0 Å². The number of hydrogen-bond donors (Lipinski definition) is 0. The van der Waals surface area contributed by atoms with Crippen LogP contribution in [0.1, 0.15) is 36.0 Å². The number of carbonyl (C=O) groups is 1. The average Bonchev–Trinajstić information content (AvgIpc) is 2.92. The van der Waals surface area contributed by atoms with Gasteiger partial charge in [-0.1, -0.05) is 0 Å². The van der Waals surface area contributed by atoms with Crippen LogP contribution in [0.25, 0.3) is 0 Å². The number of aromatic nitrogens is 1. The van der Waals surface area contributed by atoms with Crippen LogP contribution in [0.4, 0.5) is 0 Å². The molecule has 0 bridgehead atoms. The van der Waals surface area contributed by atoms with Crippen molar-refractivity contribution in [2.75, 3.05) is 12.8 Å². The maximum absolute atomic E-state index is 12.1. The second kappa shape index (κ2) is 12.3. The van der Waals surface area contributed by atoms with Crippen molar-refractivity contribution >= 4 is 29.1 Å². The second-order valence-corrected chi connectivity index (χ2v) is 12.6. The van der Waals surface area contributed by atoms with Crippen molar-refractivity contribution in [3.63, 3.8) is 0 Å². The molecular weight excluding hydrogens is 437 g/mol. The summed E-state index contributed by atoms with van der Waals surface area (Å²) >= 11 is 0. The van der Waals surface area contributed by atoms with Gasteiger partial charge in [0.15, 0.2) is 0 Å². The fourth-order valence-electron chi connectivity index (χ4n) is 4.68. The Hall–Kier alpha value is -3.29. The fourth-order valence-corrected chi connectivity index (χ4v) is 9.61. The number of esters is 1. The summed E-state index contributed by atoms with van der Waals surface area (Å²) in [5.74, 6) is -0.295. The quantitative estimate of drug-likeness (QED) is 0.165. The van der Waals surface area contributed by atoms with Crippen molar-refractivity contribution in [1.82, 2.24) is 4.98 Å². The number of pyridine rings is 1. The van der Waals surface area contributed by atoms with E-state index >= 15 is 0 Å². The van der Waals surface area contributed by atoms with Crippen molar-refractivity contribution < 1.29 is 9.53 Å². The Bertz CT molecular complexity index is 1040. The van der Waals surface area contributed by atoms with E-state index in [1.807, 2.05) is 0 Å².